The molecule has 25 heavy (non-hydrogen) atoms. The van der Waals surface area contributed by atoms with Crippen LogP contribution in [-0.2, 0) is 30.7 Å². The van der Waals surface area contributed by atoms with E-state index in [1.807, 2.05) is 29.5 Å². The maximum Gasteiger partial charge on any atom is 0.239 e. The molecule has 1 N–H and O–H groups in total. The molecule has 2 atom stereocenters. The van der Waals surface area contributed by atoms with Gasteiger partial charge in [-0.15, -0.1) is 0 Å². The molecule has 1 aromatic carbocycles. The van der Waals surface area contributed by atoms with Crippen LogP contribution < -0.4 is 5.32 Å². The van der Waals surface area contributed by atoms with Gasteiger partial charge in [0.25, 0.3) is 0 Å². The van der Waals surface area contributed by atoms with Crippen LogP contribution in [0.1, 0.15) is 36.1 Å². The Labute approximate surface area is 148 Å². The first-order chi connectivity index (χ1) is 12.1. The summed E-state index contributed by atoms with van der Waals surface area (Å²) in [6.45, 7) is 6.22. The molecule has 2 aromatic rings. The van der Waals surface area contributed by atoms with E-state index in [2.05, 4.69) is 33.6 Å². The second-order valence-corrected chi connectivity index (χ2v) is 7.16. The molecular formula is C19H25N5O. The van der Waals surface area contributed by atoms with E-state index in [0.717, 1.165) is 50.5 Å². The van der Waals surface area contributed by atoms with Crippen molar-refractivity contribution in [3.63, 3.8) is 0 Å². The van der Waals surface area contributed by atoms with Crippen LogP contribution in [0.15, 0.2) is 24.3 Å². The molecule has 1 aromatic heterocycles. The van der Waals surface area contributed by atoms with Crippen LogP contribution in [0, 0.1) is 6.92 Å². The van der Waals surface area contributed by atoms with Gasteiger partial charge in [0, 0.05) is 25.6 Å². The molecule has 1 amide bonds. The van der Waals surface area contributed by atoms with Gasteiger partial charge < -0.3 is 10.2 Å². The smallest absolute Gasteiger partial charge is 0.239 e. The number of amides is 1. The lowest BCUT2D eigenvalue weighted by atomic mass is 9.99. The fourth-order valence-corrected chi connectivity index (χ4v) is 3.95. The molecule has 3 heterocycles. The number of hydrogen-bond donors (Lipinski definition) is 1. The number of rotatable bonds is 3. The van der Waals surface area contributed by atoms with Crippen LogP contribution in [-0.4, -0.2) is 44.2 Å². The number of carbonyl (C=O) groups excluding carboxylic acids is 1. The number of fused-ring (bicyclic) bond motifs is 2. The maximum absolute atomic E-state index is 12.9. The Hall–Kier alpha value is -2.21. The van der Waals surface area contributed by atoms with Crippen molar-refractivity contribution in [1.82, 2.24) is 25.0 Å². The third kappa shape index (κ3) is 3.31. The van der Waals surface area contributed by atoms with Crippen molar-refractivity contribution in [2.75, 3.05) is 6.54 Å². The highest BCUT2D eigenvalue weighted by atomic mass is 16.2. The van der Waals surface area contributed by atoms with Crippen LogP contribution in [0.3, 0.4) is 0 Å². The summed E-state index contributed by atoms with van der Waals surface area (Å²) in [6.07, 6.45) is 2.86. The normalized spacial score (nSPS) is 20.7. The molecule has 4 rings (SSSR count). The molecule has 2 aliphatic rings. The van der Waals surface area contributed by atoms with Crippen LogP contribution in [0.2, 0.25) is 0 Å². The van der Waals surface area contributed by atoms with Gasteiger partial charge in [-0.05, 0) is 37.8 Å². The van der Waals surface area contributed by atoms with E-state index in [9.17, 15) is 4.79 Å². The number of hydrogen-bond acceptors (Lipinski definition) is 4. The SMILES string of the molecule is Cc1nc2n(n1)C[C@@H](N[C@H](C)C(=O)N1CCc3ccccc3C1)CC2. The molecule has 0 bridgehead atoms. The Balaban J connectivity index is 1.37. The monoisotopic (exact) mass is 339 g/mol. The summed E-state index contributed by atoms with van der Waals surface area (Å²) in [6, 6.07) is 8.50. The highest BCUT2D eigenvalue weighted by Gasteiger charge is 2.28. The zero-order valence-electron chi connectivity index (χ0n) is 14.9. The minimum Gasteiger partial charge on any atom is -0.337 e. The zero-order valence-corrected chi connectivity index (χ0v) is 14.9. The summed E-state index contributed by atoms with van der Waals surface area (Å²) in [4.78, 5) is 19.3. The van der Waals surface area contributed by atoms with Crippen molar-refractivity contribution < 1.29 is 4.79 Å². The van der Waals surface area contributed by atoms with Gasteiger partial charge in [-0.2, -0.15) is 5.10 Å². The minimum atomic E-state index is -0.179. The van der Waals surface area contributed by atoms with Gasteiger partial charge in [-0.25, -0.2) is 9.67 Å². The molecule has 0 saturated carbocycles. The van der Waals surface area contributed by atoms with Crippen molar-refractivity contribution in [3.05, 3.63) is 47.0 Å². The van der Waals surface area contributed by atoms with E-state index in [1.165, 1.54) is 11.1 Å². The minimum absolute atomic E-state index is 0.179. The van der Waals surface area contributed by atoms with E-state index in [4.69, 9.17) is 0 Å². The molecule has 0 radical (unpaired) electrons. The van der Waals surface area contributed by atoms with Gasteiger partial charge in [-0.1, -0.05) is 24.3 Å². The third-order valence-electron chi connectivity index (χ3n) is 5.26. The first-order valence-electron chi connectivity index (χ1n) is 9.12. The number of carbonyl (C=O) groups is 1. The number of nitrogens with zero attached hydrogens (tertiary/aromatic N) is 4. The standard InChI is InChI=1S/C19H25N5O/c1-13(20-17-7-8-18-21-14(2)22-24(18)12-17)19(25)23-10-9-15-5-3-4-6-16(15)11-23/h3-6,13,17,20H,7-12H2,1-2H3/t13-,17+/m1/s1. The summed E-state index contributed by atoms with van der Waals surface area (Å²) in [5, 5.41) is 7.95. The summed E-state index contributed by atoms with van der Waals surface area (Å²) in [5.41, 5.74) is 2.64. The summed E-state index contributed by atoms with van der Waals surface area (Å²) in [5.74, 6) is 2.07. The van der Waals surface area contributed by atoms with Gasteiger partial charge in [0.15, 0.2) is 0 Å². The fourth-order valence-electron chi connectivity index (χ4n) is 3.95. The summed E-state index contributed by atoms with van der Waals surface area (Å²) >= 11 is 0. The molecular weight excluding hydrogens is 314 g/mol. The quantitative estimate of drug-likeness (QED) is 0.920. The van der Waals surface area contributed by atoms with Crippen molar-refractivity contribution >= 4 is 5.91 Å². The Morgan fingerprint density at radius 2 is 2.08 bits per heavy atom. The number of aryl methyl sites for hydroxylation is 2. The highest BCUT2D eigenvalue weighted by molar-refractivity contribution is 5.81. The maximum atomic E-state index is 12.9. The Morgan fingerprint density at radius 3 is 2.92 bits per heavy atom. The van der Waals surface area contributed by atoms with Crippen molar-refractivity contribution in [3.8, 4) is 0 Å². The van der Waals surface area contributed by atoms with Gasteiger partial charge in [-0.3, -0.25) is 4.79 Å². The van der Waals surface area contributed by atoms with Gasteiger partial charge in [0.05, 0.1) is 12.6 Å². The highest BCUT2D eigenvalue weighted by Crippen LogP contribution is 2.19. The van der Waals surface area contributed by atoms with E-state index in [1.54, 1.807) is 0 Å². The lowest BCUT2D eigenvalue weighted by molar-refractivity contribution is -0.134. The molecule has 6 heteroatoms. The fraction of sp³-hybridized carbons (Fsp3) is 0.526. The third-order valence-corrected chi connectivity index (χ3v) is 5.26. The molecule has 0 fully saturated rings. The molecule has 0 unspecified atom stereocenters. The summed E-state index contributed by atoms with van der Waals surface area (Å²) < 4.78 is 1.98. The Kier molecular flexibility index (Phi) is 4.29. The van der Waals surface area contributed by atoms with Crippen LogP contribution in [0.4, 0.5) is 0 Å². The van der Waals surface area contributed by atoms with Crippen molar-refractivity contribution in [2.45, 2.75) is 58.3 Å². The average Bonchev–Trinajstić information content (AvgIpc) is 3.00. The van der Waals surface area contributed by atoms with E-state index >= 15 is 0 Å². The second kappa shape index (κ2) is 6.59. The van der Waals surface area contributed by atoms with Gasteiger partial charge in [0.2, 0.25) is 5.91 Å². The van der Waals surface area contributed by atoms with Crippen LogP contribution in [0.5, 0.6) is 0 Å². The van der Waals surface area contributed by atoms with E-state index in [0.29, 0.717) is 0 Å². The van der Waals surface area contributed by atoms with Gasteiger partial charge in [0.1, 0.15) is 11.6 Å². The molecule has 0 aliphatic carbocycles. The largest absolute Gasteiger partial charge is 0.337 e. The number of nitrogens with one attached hydrogen (secondary N) is 1. The van der Waals surface area contributed by atoms with Crippen LogP contribution in [0.25, 0.3) is 0 Å². The van der Waals surface area contributed by atoms with E-state index in [-0.39, 0.29) is 18.0 Å². The van der Waals surface area contributed by atoms with Crippen LogP contribution >= 0.6 is 0 Å². The first-order valence-corrected chi connectivity index (χ1v) is 9.12. The molecule has 132 valence electrons. The number of benzene rings is 1. The predicted octanol–water partition coefficient (Wildman–Crippen LogP) is 1.46. The number of aromatic nitrogens is 3. The molecule has 0 spiro atoms. The van der Waals surface area contributed by atoms with Crippen molar-refractivity contribution in [1.29, 1.82) is 0 Å². The summed E-state index contributed by atoms with van der Waals surface area (Å²) in [7, 11) is 0. The lowest BCUT2D eigenvalue weighted by Gasteiger charge is -2.33. The van der Waals surface area contributed by atoms with E-state index < -0.39 is 0 Å². The van der Waals surface area contributed by atoms with Gasteiger partial charge >= 0.3 is 0 Å². The van der Waals surface area contributed by atoms with Crippen molar-refractivity contribution in [2.24, 2.45) is 0 Å². The molecule has 6 nitrogen and oxygen atoms in total. The average molecular weight is 339 g/mol. The zero-order chi connectivity index (χ0) is 17.4. The Bertz CT molecular complexity index is 784. The predicted molar refractivity (Wildman–Crippen MR) is 95.0 cm³/mol. The Morgan fingerprint density at radius 1 is 1.28 bits per heavy atom. The lowest BCUT2D eigenvalue weighted by Crippen LogP contribution is -2.51. The molecule has 2 aliphatic heterocycles. The second-order valence-electron chi connectivity index (χ2n) is 7.16. The first kappa shape index (κ1) is 16.3. The topological polar surface area (TPSA) is 63.1 Å². The molecule has 0 saturated heterocycles.